The van der Waals surface area contributed by atoms with E-state index in [0.717, 1.165) is 11.0 Å². The number of carbonyl (C=O) groups is 1. The van der Waals surface area contributed by atoms with Crippen molar-refractivity contribution in [3.63, 3.8) is 0 Å². The van der Waals surface area contributed by atoms with Crippen LogP contribution >= 0.6 is 15.9 Å². The molecule has 1 fully saturated rings. The second kappa shape index (κ2) is 3.77. The Kier molecular flexibility index (Phi) is 2.63. The molecule has 14 heavy (non-hydrogen) atoms. The van der Waals surface area contributed by atoms with Crippen LogP contribution in [-0.4, -0.2) is 15.6 Å². The molecule has 1 aliphatic rings. The predicted octanol–water partition coefficient (Wildman–Crippen LogP) is 2.75. The lowest BCUT2D eigenvalue weighted by Crippen LogP contribution is -2.20. The molecule has 76 valence electrons. The first kappa shape index (κ1) is 9.77. The summed E-state index contributed by atoms with van der Waals surface area (Å²) in [6, 6.07) is 1.65. The summed E-state index contributed by atoms with van der Waals surface area (Å²) in [6.07, 6.45) is 5.60. The van der Waals surface area contributed by atoms with Crippen LogP contribution in [0, 0.1) is 5.92 Å². The first-order valence-corrected chi connectivity index (χ1v) is 5.55. The van der Waals surface area contributed by atoms with Crippen LogP contribution in [-0.2, 0) is 6.54 Å². The zero-order valence-corrected chi connectivity index (χ0v) is 9.33. The Morgan fingerprint density at radius 1 is 1.64 bits per heavy atom. The quantitative estimate of drug-likeness (QED) is 0.905. The Labute approximate surface area is 90.9 Å². The van der Waals surface area contributed by atoms with Crippen LogP contribution < -0.4 is 0 Å². The van der Waals surface area contributed by atoms with Gasteiger partial charge in [-0.3, -0.25) is 0 Å². The second-order valence-electron chi connectivity index (χ2n) is 3.80. The molecule has 1 saturated carbocycles. The minimum Gasteiger partial charge on any atom is -0.477 e. The van der Waals surface area contributed by atoms with E-state index in [0.29, 0.717) is 11.6 Å². The van der Waals surface area contributed by atoms with Crippen LogP contribution in [0.25, 0.3) is 0 Å². The van der Waals surface area contributed by atoms with Gasteiger partial charge in [0, 0.05) is 17.2 Å². The molecule has 0 amide bonds. The molecule has 1 heterocycles. The molecule has 0 spiro atoms. The maximum atomic E-state index is 10.9. The zero-order chi connectivity index (χ0) is 10.1. The van der Waals surface area contributed by atoms with Gasteiger partial charge < -0.3 is 9.67 Å². The molecule has 0 bridgehead atoms. The number of carboxylic acids is 1. The lowest BCUT2D eigenvalue weighted by molar-refractivity contribution is 0.0682. The number of nitrogens with zero attached hydrogens (tertiary/aromatic N) is 1. The minimum atomic E-state index is -0.852. The van der Waals surface area contributed by atoms with E-state index < -0.39 is 5.97 Å². The largest absolute Gasteiger partial charge is 0.477 e. The van der Waals surface area contributed by atoms with Gasteiger partial charge in [0.2, 0.25) is 0 Å². The van der Waals surface area contributed by atoms with Crippen LogP contribution in [0.15, 0.2) is 16.7 Å². The van der Waals surface area contributed by atoms with E-state index in [2.05, 4.69) is 15.9 Å². The van der Waals surface area contributed by atoms with Crippen LogP contribution in [0.5, 0.6) is 0 Å². The predicted molar refractivity (Wildman–Crippen MR) is 56.4 cm³/mol. The maximum absolute atomic E-state index is 10.9. The fourth-order valence-electron chi connectivity index (χ4n) is 1.76. The van der Waals surface area contributed by atoms with Gasteiger partial charge in [-0.2, -0.15) is 0 Å². The van der Waals surface area contributed by atoms with E-state index in [1.54, 1.807) is 6.07 Å². The highest BCUT2D eigenvalue weighted by Gasteiger charge is 2.20. The van der Waals surface area contributed by atoms with E-state index in [1.165, 1.54) is 19.3 Å². The summed E-state index contributed by atoms with van der Waals surface area (Å²) in [4.78, 5) is 10.9. The Balaban J connectivity index is 2.17. The Morgan fingerprint density at radius 3 is 2.86 bits per heavy atom. The van der Waals surface area contributed by atoms with Crippen LogP contribution in [0.4, 0.5) is 0 Å². The van der Waals surface area contributed by atoms with Gasteiger partial charge in [-0.1, -0.05) is 6.42 Å². The van der Waals surface area contributed by atoms with E-state index in [4.69, 9.17) is 5.11 Å². The van der Waals surface area contributed by atoms with Gasteiger partial charge in [-0.05, 0) is 40.8 Å². The van der Waals surface area contributed by atoms with E-state index >= 15 is 0 Å². The molecular weight excluding hydrogens is 246 g/mol. The van der Waals surface area contributed by atoms with Crippen molar-refractivity contribution in [1.82, 2.24) is 4.57 Å². The summed E-state index contributed by atoms with van der Waals surface area (Å²) < 4.78 is 2.67. The summed E-state index contributed by atoms with van der Waals surface area (Å²) >= 11 is 3.30. The summed E-state index contributed by atoms with van der Waals surface area (Å²) in [5.74, 6) is -0.178. The zero-order valence-electron chi connectivity index (χ0n) is 7.74. The fourth-order valence-corrected chi connectivity index (χ4v) is 2.22. The number of halogens is 1. The van der Waals surface area contributed by atoms with Crippen LogP contribution in [0.1, 0.15) is 29.8 Å². The molecular formula is C10H12BrNO2. The van der Waals surface area contributed by atoms with Crippen molar-refractivity contribution < 1.29 is 9.90 Å². The van der Waals surface area contributed by atoms with Crippen molar-refractivity contribution in [3.8, 4) is 0 Å². The van der Waals surface area contributed by atoms with Gasteiger partial charge in [0.05, 0.1) is 0 Å². The Morgan fingerprint density at radius 2 is 2.36 bits per heavy atom. The lowest BCUT2D eigenvalue weighted by Gasteiger charge is -2.26. The highest BCUT2D eigenvalue weighted by molar-refractivity contribution is 9.10. The third-order valence-electron chi connectivity index (χ3n) is 2.76. The first-order chi connectivity index (χ1) is 6.66. The summed E-state index contributed by atoms with van der Waals surface area (Å²) in [5, 5.41) is 8.94. The number of rotatable bonds is 3. The highest BCUT2D eigenvalue weighted by Crippen LogP contribution is 2.29. The monoisotopic (exact) mass is 257 g/mol. The molecule has 1 aromatic rings. The van der Waals surface area contributed by atoms with Crippen molar-refractivity contribution in [2.45, 2.75) is 25.8 Å². The van der Waals surface area contributed by atoms with Crippen molar-refractivity contribution in [2.75, 3.05) is 0 Å². The van der Waals surface area contributed by atoms with Crippen molar-refractivity contribution in [3.05, 3.63) is 22.4 Å². The normalized spacial score (nSPS) is 16.6. The number of hydrogen-bond donors (Lipinski definition) is 1. The van der Waals surface area contributed by atoms with Gasteiger partial charge >= 0.3 is 5.97 Å². The topological polar surface area (TPSA) is 42.2 Å². The fraction of sp³-hybridized carbons (Fsp3) is 0.500. The van der Waals surface area contributed by atoms with Gasteiger partial charge in [0.25, 0.3) is 0 Å². The highest BCUT2D eigenvalue weighted by atomic mass is 79.9. The van der Waals surface area contributed by atoms with Crippen LogP contribution in [0.2, 0.25) is 0 Å². The third-order valence-corrected chi connectivity index (χ3v) is 3.20. The van der Waals surface area contributed by atoms with Crippen LogP contribution in [0.3, 0.4) is 0 Å². The summed E-state index contributed by atoms with van der Waals surface area (Å²) in [5.41, 5.74) is 0.378. The van der Waals surface area contributed by atoms with Crippen molar-refractivity contribution in [2.24, 2.45) is 5.92 Å². The number of aromatic carboxylic acids is 1. The smallest absolute Gasteiger partial charge is 0.352 e. The number of carboxylic acid groups (broad SMARTS) is 1. The molecule has 0 unspecified atom stereocenters. The van der Waals surface area contributed by atoms with Gasteiger partial charge in [-0.25, -0.2) is 4.79 Å². The first-order valence-electron chi connectivity index (χ1n) is 4.76. The molecule has 1 N–H and O–H groups in total. The van der Waals surface area contributed by atoms with Gasteiger partial charge in [0.15, 0.2) is 0 Å². The second-order valence-corrected chi connectivity index (χ2v) is 4.71. The van der Waals surface area contributed by atoms with Gasteiger partial charge in [-0.15, -0.1) is 0 Å². The Bertz CT molecular complexity index is 355. The standard InChI is InChI=1S/C10H12BrNO2/c11-8-4-9(10(13)14)12(6-8)5-7-2-1-3-7/h4,6-7H,1-3,5H2,(H,13,14). The summed E-state index contributed by atoms with van der Waals surface area (Å²) in [7, 11) is 0. The Hall–Kier alpha value is -0.770. The average Bonchev–Trinajstić information content (AvgIpc) is 2.39. The SMILES string of the molecule is O=C(O)c1cc(Br)cn1CC1CCC1. The molecule has 1 aromatic heterocycles. The average molecular weight is 258 g/mol. The van der Waals surface area contributed by atoms with Gasteiger partial charge in [0.1, 0.15) is 5.69 Å². The van der Waals surface area contributed by atoms with E-state index in [-0.39, 0.29) is 0 Å². The molecule has 0 atom stereocenters. The lowest BCUT2D eigenvalue weighted by atomic mass is 9.85. The number of hydrogen-bond acceptors (Lipinski definition) is 1. The molecule has 3 nitrogen and oxygen atoms in total. The number of aromatic nitrogens is 1. The summed E-state index contributed by atoms with van der Waals surface area (Å²) in [6.45, 7) is 0.841. The third kappa shape index (κ3) is 1.85. The molecule has 0 aromatic carbocycles. The molecule has 0 aliphatic heterocycles. The van der Waals surface area contributed by atoms with Crippen molar-refractivity contribution >= 4 is 21.9 Å². The molecule has 0 saturated heterocycles. The minimum absolute atomic E-state index is 0.378. The molecule has 1 aliphatic carbocycles. The molecule has 2 rings (SSSR count). The van der Waals surface area contributed by atoms with E-state index in [9.17, 15) is 4.79 Å². The molecule has 4 heteroatoms. The maximum Gasteiger partial charge on any atom is 0.352 e. The molecule has 0 radical (unpaired) electrons. The van der Waals surface area contributed by atoms with Crippen molar-refractivity contribution in [1.29, 1.82) is 0 Å². The van der Waals surface area contributed by atoms with E-state index in [1.807, 2.05) is 10.8 Å².